The van der Waals surface area contributed by atoms with E-state index in [1.807, 2.05) is 30.3 Å². The summed E-state index contributed by atoms with van der Waals surface area (Å²) in [5.41, 5.74) is 2.53. The first-order valence-electron chi connectivity index (χ1n) is 8.45. The van der Waals surface area contributed by atoms with Crippen molar-refractivity contribution >= 4 is 37.4 Å². The fourth-order valence-electron chi connectivity index (χ4n) is 2.75. The predicted octanol–water partition coefficient (Wildman–Crippen LogP) is 5.31. The lowest BCUT2D eigenvalue weighted by molar-refractivity contribution is 0.265. The Bertz CT molecular complexity index is 738. The molecule has 1 heterocycles. The maximum Gasteiger partial charge on any atom is 0.141 e. The lowest BCUT2D eigenvalue weighted by atomic mass is 10.1. The van der Waals surface area contributed by atoms with E-state index >= 15 is 0 Å². The molecule has 0 atom stereocenters. The normalized spacial score (nSPS) is 16.0. The van der Waals surface area contributed by atoms with Crippen molar-refractivity contribution in [2.24, 2.45) is 0 Å². The van der Waals surface area contributed by atoms with Crippen LogP contribution < -0.4 is 10.1 Å². The summed E-state index contributed by atoms with van der Waals surface area (Å²) in [4.78, 5) is 2.47. The molecule has 25 heavy (non-hydrogen) atoms. The SMILES string of the molecule is C/C(=C/CN1CCNCC1)c1ccc(Oc2ccc(Br)cc2Br)cc1. The van der Waals surface area contributed by atoms with Crippen LogP contribution >= 0.6 is 31.9 Å². The van der Waals surface area contributed by atoms with Gasteiger partial charge in [-0.15, -0.1) is 0 Å². The number of halogens is 2. The zero-order valence-corrected chi connectivity index (χ0v) is 17.4. The molecule has 5 heteroatoms. The first-order chi connectivity index (χ1) is 12.1. The van der Waals surface area contributed by atoms with Crippen LogP contribution in [0.1, 0.15) is 12.5 Å². The average molecular weight is 466 g/mol. The smallest absolute Gasteiger partial charge is 0.141 e. The van der Waals surface area contributed by atoms with Crippen LogP contribution in [0.2, 0.25) is 0 Å². The van der Waals surface area contributed by atoms with Gasteiger partial charge < -0.3 is 10.1 Å². The highest BCUT2D eigenvalue weighted by molar-refractivity contribution is 9.11. The molecule has 0 bridgehead atoms. The van der Waals surface area contributed by atoms with Crippen molar-refractivity contribution in [1.82, 2.24) is 10.2 Å². The Kier molecular flexibility index (Phi) is 6.70. The number of allylic oxidation sites excluding steroid dienone is 1. The largest absolute Gasteiger partial charge is 0.456 e. The van der Waals surface area contributed by atoms with Crippen LogP contribution in [0.5, 0.6) is 11.5 Å². The van der Waals surface area contributed by atoms with Gasteiger partial charge in [0, 0.05) is 37.2 Å². The minimum absolute atomic E-state index is 0.807. The third-order valence-corrected chi connectivity index (χ3v) is 5.41. The molecule has 0 saturated carbocycles. The van der Waals surface area contributed by atoms with Crippen molar-refractivity contribution in [3.8, 4) is 11.5 Å². The molecule has 132 valence electrons. The first kappa shape index (κ1) is 18.6. The van der Waals surface area contributed by atoms with E-state index in [0.29, 0.717) is 0 Å². The van der Waals surface area contributed by atoms with E-state index in [1.165, 1.54) is 11.1 Å². The summed E-state index contributed by atoms with van der Waals surface area (Å²) in [6.07, 6.45) is 2.31. The number of benzene rings is 2. The van der Waals surface area contributed by atoms with Crippen molar-refractivity contribution in [3.63, 3.8) is 0 Å². The Labute approximate surface area is 166 Å². The first-order valence-corrected chi connectivity index (χ1v) is 10.0. The van der Waals surface area contributed by atoms with Crippen LogP contribution in [0.4, 0.5) is 0 Å². The van der Waals surface area contributed by atoms with E-state index in [-0.39, 0.29) is 0 Å². The second-order valence-electron chi connectivity index (χ2n) is 6.14. The Hall–Kier alpha value is -1.14. The number of hydrogen-bond acceptors (Lipinski definition) is 3. The highest BCUT2D eigenvalue weighted by atomic mass is 79.9. The zero-order chi connectivity index (χ0) is 17.6. The van der Waals surface area contributed by atoms with Gasteiger partial charge in [0.2, 0.25) is 0 Å². The molecule has 0 aromatic heterocycles. The zero-order valence-electron chi connectivity index (χ0n) is 14.3. The van der Waals surface area contributed by atoms with E-state index in [4.69, 9.17) is 4.74 Å². The molecule has 0 amide bonds. The van der Waals surface area contributed by atoms with E-state index in [2.05, 4.69) is 67.2 Å². The minimum Gasteiger partial charge on any atom is -0.456 e. The van der Waals surface area contributed by atoms with Crippen LogP contribution in [0.25, 0.3) is 5.57 Å². The van der Waals surface area contributed by atoms with Gasteiger partial charge in [-0.3, -0.25) is 4.90 Å². The summed E-state index contributed by atoms with van der Waals surface area (Å²) in [5, 5.41) is 3.38. The molecule has 0 radical (unpaired) electrons. The second kappa shape index (κ2) is 8.99. The molecule has 0 aliphatic carbocycles. The van der Waals surface area contributed by atoms with Crippen LogP contribution in [0.15, 0.2) is 57.5 Å². The number of hydrogen-bond donors (Lipinski definition) is 1. The third-order valence-electron chi connectivity index (χ3n) is 4.30. The van der Waals surface area contributed by atoms with Crippen molar-refractivity contribution < 1.29 is 4.74 Å². The van der Waals surface area contributed by atoms with E-state index in [1.54, 1.807) is 0 Å². The molecule has 1 fully saturated rings. The van der Waals surface area contributed by atoms with E-state index in [9.17, 15) is 0 Å². The highest BCUT2D eigenvalue weighted by Crippen LogP contribution is 2.32. The summed E-state index contributed by atoms with van der Waals surface area (Å²) in [6.45, 7) is 7.60. The van der Waals surface area contributed by atoms with Crippen molar-refractivity contribution in [2.75, 3.05) is 32.7 Å². The molecule has 0 spiro atoms. The Morgan fingerprint density at radius 1 is 1.12 bits per heavy atom. The summed E-state index contributed by atoms with van der Waals surface area (Å²) < 4.78 is 7.90. The topological polar surface area (TPSA) is 24.5 Å². The van der Waals surface area contributed by atoms with Crippen molar-refractivity contribution in [3.05, 3.63) is 63.0 Å². The van der Waals surface area contributed by atoms with Crippen molar-refractivity contribution in [2.45, 2.75) is 6.92 Å². The van der Waals surface area contributed by atoms with Gasteiger partial charge in [-0.2, -0.15) is 0 Å². The highest BCUT2D eigenvalue weighted by Gasteiger charge is 2.08. The summed E-state index contributed by atoms with van der Waals surface area (Å²) in [5.74, 6) is 1.64. The standard InChI is InChI=1S/C20H22Br2N2O/c1-15(8-11-24-12-9-23-10-13-24)16-2-5-18(6-3-16)25-20-7-4-17(21)14-19(20)22/h2-8,14,23H,9-13H2,1H3/b15-8-. The van der Waals surface area contributed by atoms with Crippen LogP contribution in [-0.2, 0) is 0 Å². The fraction of sp³-hybridized carbons (Fsp3) is 0.300. The van der Waals surface area contributed by atoms with E-state index < -0.39 is 0 Å². The van der Waals surface area contributed by atoms with Crippen molar-refractivity contribution in [1.29, 1.82) is 0 Å². The van der Waals surface area contributed by atoms with Gasteiger partial charge >= 0.3 is 0 Å². The number of nitrogens with one attached hydrogen (secondary N) is 1. The Morgan fingerprint density at radius 3 is 2.52 bits per heavy atom. The monoisotopic (exact) mass is 464 g/mol. The summed E-state index contributed by atoms with van der Waals surface area (Å²) in [7, 11) is 0. The molecule has 1 aliphatic rings. The van der Waals surface area contributed by atoms with Crippen LogP contribution in [0.3, 0.4) is 0 Å². The fourth-order valence-corrected chi connectivity index (χ4v) is 3.88. The molecule has 3 nitrogen and oxygen atoms in total. The third kappa shape index (κ3) is 5.42. The molecule has 1 N–H and O–H groups in total. The van der Waals surface area contributed by atoms with E-state index in [0.717, 1.165) is 53.2 Å². The molecule has 1 aliphatic heterocycles. The minimum atomic E-state index is 0.807. The van der Waals surface area contributed by atoms with Gasteiger partial charge in [-0.05, 0) is 64.3 Å². The molecular formula is C20H22Br2N2O. The second-order valence-corrected chi connectivity index (χ2v) is 7.91. The van der Waals surface area contributed by atoms with Gasteiger partial charge in [-0.25, -0.2) is 0 Å². The molecule has 2 aromatic carbocycles. The van der Waals surface area contributed by atoms with Crippen LogP contribution in [-0.4, -0.2) is 37.6 Å². The number of rotatable bonds is 5. The Balaban J connectivity index is 1.62. The van der Waals surface area contributed by atoms with Crippen LogP contribution in [0, 0.1) is 0 Å². The van der Waals surface area contributed by atoms with Gasteiger partial charge in [0.1, 0.15) is 11.5 Å². The lowest BCUT2D eigenvalue weighted by Gasteiger charge is -2.26. The molecule has 2 aromatic rings. The number of ether oxygens (including phenoxy) is 1. The Morgan fingerprint density at radius 2 is 1.84 bits per heavy atom. The predicted molar refractivity (Wildman–Crippen MR) is 111 cm³/mol. The average Bonchev–Trinajstić information content (AvgIpc) is 2.63. The summed E-state index contributed by atoms with van der Waals surface area (Å²) in [6, 6.07) is 14.2. The number of nitrogens with zero attached hydrogens (tertiary/aromatic N) is 1. The quantitative estimate of drug-likeness (QED) is 0.647. The summed E-state index contributed by atoms with van der Waals surface area (Å²) >= 11 is 6.98. The maximum atomic E-state index is 5.95. The maximum absolute atomic E-state index is 5.95. The number of piperazine rings is 1. The molecular weight excluding hydrogens is 444 g/mol. The lowest BCUT2D eigenvalue weighted by Crippen LogP contribution is -2.43. The van der Waals surface area contributed by atoms with Gasteiger partial charge in [-0.1, -0.05) is 34.1 Å². The molecule has 3 rings (SSSR count). The van der Waals surface area contributed by atoms with Gasteiger partial charge in [0.25, 0.3) is 0 Å². The molecule has 0 unspecified atom stereocenters. The van der Waals surface area contributed by atoms with Gasteiger partial charge in [0.15, 0.2) is 0 Å². The van der Waals surface area contributed by atoms with Gasteiger partial charge in [0.05, 0.1) is 4.47 Å². The molecule has 1 saturated heterocycles.